The molecule has 0 aliphatic rings. The lowest BCUT2D eigenvalue weighted by atomic mass is 10.1. The number of hydrogen-bond acceptors (Lipinski definition) is 2. The van der Waals surface area contributed by atoms with Gasteiger partial charge in [-0.1, -0.05) is 22.0 Å². The monoisotopic (exact) mass is 294 g/mol. The first-order valence-electron chi connectivity index (χ1n) is 4.95. The minimum atomic E-state index is 0.131. The standard InChI is InChI=1S/C13H11BrOS/c1-8-7-10(14)3-4-11(8)13-6-5-12(16-13)9(2)15/h3-7H,1-2H3. The minimum absolute atomic E-state index is 0.131. The van der Waals surface area contributed by atoms with Crippen molar-refractivity contribution in [2.24, 2.45) is 0 Å². The van der Waals surface area contributed by atoms with Crippen molar-refractivity contribution < 1.29 is 4.79 Å². The summed E-state index contributed by atoms with van der Waals surface area (Å²) in [4.78, 5) is 13.2. The fourth-order valence-electron chi connectivity index (χ4n) is 1.58. The van der Waals surface area contributed by atoms with Crippen molar-refractivity contribution in [1.82, 2.24) is 0 Å². The summed E-state index contributed by atoms with van der Waals surface area (Å²) in [6.45, 7) is 3.68. The molecule has 0 aliphatic carbocycles. The Labute approximate surface area is 107 Å². The summed E-state index contributed by atoms with van der Waals surface area (Å²) in [5.74, 6) is 0.131. The van der Waals surface area contributed by atoms with Crippen molar-refractivity contribution in [2.75, 3.05) is 0 Å². The van der Waals surface area contributed by atoms with Gasteiger partial charge in [0.15, 0.2) is 5.78 Å². The number of hydrogen-bond donors (Lipinski definition) is 0. The predicted molar refractivity (Wildman–Crippen MR) is 72.2 cm³/mol. The predicted octanol–water partition coefficient (Wildman–Crippen LogP) is 4.69. The lowest BCUT2D eigenvalue weighted by Gasteiger charge is -2.03. The molecule has 16 heavy (non-hydrogen) atoms. The highest BCUT2D eigenvalue weighted by Crippen LogP contribution is 2.32. The lowest BCUT2D eigenvalue weighted by molar-refractivity contribution is 0.102. The van der Waals surface area contributed by atoms with Gasteiger partial charge in [-0.3, -0.25) is 4.79 Å². The molecule has 3 heteroatoms. The Morgan fingerprint density at radius 3 is 2.56 bits per heavy atom. The van der Waals surface area contributed by atoms with Crippen LogP contribution in [0.5, 0.6) is 0 Å². The zero-order valence-corrected chi connectivity index (χ0v) is 11.5. The molecule has 0 radical (unpaired) electrons. The van der Waals surface area contributed by atoms with Crippen LogP contribution in [0.2, 0.25) is 0 Å². The van der Waals surface area contributed by atoms with Crippen LogP contribution >= 0.6 is 27.3 Å². The molecule has 82 valence electrons. The first kappa shape index (κ1) is 11.6. The van der Waals surface area contributed by atoms with Crippen molar-refractivity contribution in [3.05, 3.63) is 45.2 Å². The molecule has 0 aliphatic heterocycles. The van der Waals surface area contributed by atoms with Crippen LogP contribution in [0.4, 0.5) is 0 Å². The Bertz CT molecular complexity index is 543. The molecule has 0 saturated heterocycles. The molecule has 1 aromatic carbocycles. The van der Waals surface area contributed by atoms with Gasteiger partial charge in [0.05, 0.1) is 4.88 Å². The fourth-order valence-corrected chi connectivity index (χ4v) is 3.04. The van der Waals surface area contributed by atoms with Crippen molar-refractivity contribution >= 4 is 33.0 Å². The lowest BCUT2D eigenvalue weighted by Crippen LogP contribution is -1.83. The summed E-state index contributed by atoms with van der Waals surface area (Å²) in [5, 5.41) is 0. The highest BCUT2D eigenvalue weighted by atomic mass is 79.9. The first-order valence-corrected chi connectivity index (χ1v) is 6.56. The van der Waals surface area contributed by atoms with Crippen LogP contribution in [-0.2, 0) is 0 Å². The SMILES string of the molecule is CC(=O)c1ccc(-c2ccc(Br)cc2C)s1. The second-order valence-electron chi connectivity index (χ2n) is 3.68. The summed E-state index contributed by atoms with van der Waals surface area (Å²) >= 11 is 5.00. The molecule has 0 fully saturated rings. The Morgan fingerprint density at radius 1 is 1.25 bits per heavy atom. The third-order valence-corrected chi connectivity index (χ3v) is 4.12. The molecule has 0 N–H and O–H groups in total. The molecule has 0 atom stereocenters. The van der Waals surface area contributed by atoms with Gasteiger partial charge in [0.1, 0.15) is 0 Å². The number of aryl methyl sites for hydroxylation is 1. The average molecular weight is 295 g/mol. The molecule has 0 unspecified atom stereocenters. The summed E-state index contributed by atoms with van der Waals surface area (Å²) in [5.41, 5.74) is 2.41. The highest BCUT2D eigenvalue weighted by molar-refractivity contribution is 9.10. The first-order chi connectivity index (χ1) is 7.58. The van der Waals surface area contributed by atoms with Gasteiger partial charge in [-0.2, -0.15) is 0 Å². The van der Waals surface area contributed by atoms with Gasteiger partial charge in [-0.25, -0.2) is 0 Å². The second kappa shape index (κ2) is 4.52. The molecule has 1 aromatic heterocycles. The number of rotatable bonds is 2. The molecule has 0 bridgehead atoms. The molecule has 0 amide bonds. The van der Waals surface area contributed by atoms with E-state index < -0.39 is 0 Å². The van der Waals surface area contributed by atoms with E-state index in [9.17, 15) is 4.79 Å². The summed E-state index contributed by atoms with van der Waals surface area (Å²) in [6.07, 6.45) is 0. The van der Waals surface area contributed by atoms with E-state index in [4.69, 9.17) is 0 Å². The number of thiophene rings is 1. The van der Waals surface area contributed by atoms with Gasteiger partial charge in [0.2, 0.25) is 0 Å². The Balaban J connectivity index is 2.46. The van der Waals surface area contributed by atoms with Gasteiger partial charge >= 0.3 is 0 Å². The number of Topliss-reactive ketones (excluding diaryl/α,β-unsaturated/α-hetero) is 1. The van der Waals surface area contributed by atoms with E-state index in [2.05, 4.69) is 35.0 Å². The highest BCUT2D eigenvalue weighted by Gasteiger charge is 2.08. The number of carbonyl (C=O) groups is 1. The average Bonchev–Trinajstić information content (AvgIpc) is 2.66. The van der Waals surface area contributed by atoms with E-state index >= 15 is 0 Å². The van der Waals surface area contributed by atoms with Crippen molar-refractivity contribution in [3.8, 4) is 10.4 Å². The molecule has 2 rings (SSSR count). The van der Waals surface area contributed by atoms with Crippen LogP contribution in [0.15, 0.2) is 34.8 Å². The number of carbonyl (C=O) groups excluding carboxylic acids is 1. The van der Waals surface area contributed by atoms with Crippen LogP contribution in [0, 0.1) is 6.92 Å². The van der Waals surface area contributed by atoms with Gasteiger partial charge in [-0.15, -0.1) is 11.3 Å². The van der Waals surface area contributed by atoms with Crippen LogP contribution in [-0.4, -0.2) is 5.78 Å². The fraction of sp³-hybridized carbons (Fsp3) is 0.154. The zero-order valence-electron chi connectivity index (χ0n) is 9.08. The molecular weight excluding hydrogens is 284 g/mol. The van der Waals surface area contributed by atoms with Crippen molar-refractivity contribution in [2.45, 2.75) is 13.8 Å². The summed E-state index contributed by atoms with van der Waals surface area (Å²) in [7, 11) is 0. The van der Waals surface area contributed by atoms with Crippen LogP contribution in [0.3, 0.4) is 0 Å². The third kappa shape index (κ3) is 2.25. The molecule has 1 nitrogen and oxygen atoms in total. The Kier molecular flexibility index (Phi) is 3.26. The zero-order chi connectivity index (χ0) is 11.7. The Hall–Kier alpha value is -0.930. The van der Waals surface area contributed by atoms with E-state index in [-0.39, 0.29) is 5.78 Å². The minimum Gasteiger partial charge on any atom is -0.294 e. The second-order valence-corrected chi connectivity index (χ2v) is 5.68. The molecular formula is C13H11BrOS. The number of halogens is 1. The topological polar surface area (TPSA) is 17.1 Å². The van der Waals surface area contributed by atoms with Crippen molar-refractivity contribution in [3.63, 3.8) is 0 Å². The van der Waals surface area contributed by atoms with Crippen molar-refractivity contribution in [1.29, 1.82) is 0 Å². The maximum absolute atomic E-state index is 11.2. The van der Waals surface area contributed by atoms with E-state index in [1.54, 1.807) is 18.3 Å². The van der Waals surface area contributed by atoms with Gasteiger partial charge in [0.25, 0.3) is 0 Å². The number of ketones is 1. The van der Waals surface area contributed by atoms with Gasteiger partial charge in [0, 0.05) is 9.35 Å². The van der Waals surface area contributed by atoms with Crippen LogP contribution < -0.4 is 0 Å². The summed E-state index contributed by atoms with van der Waals surface area (Å²) < 4.78 is 1.08. The molecule has 2 aromatic rings. The Morgan fingerprint density at radius 2 is 2.00 bits per heavy atom. The van der Waals surface area contributed by atoms with E-state index in [0.29, 0.717) is 0 Å². The normalized spacial score (nSPS) is 10.4. The smallest absolute Gasteiger partial charge is 0.169 e. The van der Waals surface area contributed by atoms with Gasteiger partial charge in [-0.05, 0) is 49.2 Å². The van der Waals surface area contributed by atoms with Crippen LogP contribution in [0.25, 0.3) is 10.4 Å². The maximum Gasteiger partial charge on any atom is 0.169 e. The molecule has 0 spiro atoms. The largest absolute Gasteiger partial charge is 0.294 e. The third-order valence-electron chi connectivity index (χ3n) is 2.41. The van der Waals surface area contributed by atoms with E-state index in [0.717, 1.165) is 14.2 Å². The molecule has 0 saturated carbocycles. The van der Waals surface area contributed by atoms with E-state index in [1.165, 1.54) is 11.1 Å². The van der Waals surface area contributed by atoms with E-state index in [1.807, 2.05) is 18.2 Å². The maximum atomic E-state index is 11.2. The molecule has 1 heterocycles. The van der Waals surface area contributed by atoms with Gasteiger partial charge < -0.3 is 0 Å². The summed E-state index contributed by atoms with van der Waals surface area (Å²) in [6, 6.07) is 10.1. The number of benzene rings is 1. The van der Waals surface area contributed by atoms with Crippen LogP contribution in [0.1, 0.15) is 22.2 Å². The quantitative estimate of drug-likeness (QED) is 0.735.